The Labute approximate surface area is 156 Å². The summed E-state index contributed by atoms with van der Waals surface area (Å²) in [5.74, 6) is 0.243. The second kappa shape index (κ2) is 10.0. The number of anilines is 1. The number of ether oxygens (including phenoxy) is 1. The van der Waals surface area contributed by atoms with Crippen molar-refractivity contribution < 1.29 is 9.53 Å². The fraction of sp³-hybridized carbons (Fsp3) is 0.556. The number of carbonyl (C=O) groups excluding carboxylic acids is 1. The van der Waals surface area contributed by atoms with Crippen molar-refractivity contribution in [2.75, 3.05) is 24.8 Å². The minimum absolute atomic E-state index is 0.335. The molecule has 4 nitrogen and oxygen atoms in total. The molecule has 0 radical (unpaired) electrons. The van der Waals surface area contributed by atoms with Gasteiger partial charge in [-0.15, -0.1) is 11.6 Å². The van der Waals surface area contributed by atoms with Crippen molar-refractivity contribution in [2.24, 2.45) is 4.99 Å². The molecule has 0 amide bonds. The number of nitrogen functional groups attached to an aromatic ring is 1. The summed E-state index contributed by atoms with van der Waals surface area (Å²) >= 11 is 9.08. The third-order valence-electron chi connectivity index (χ3n) is 4.06. The monoisotopic (exact) mass is 414 g/mol. The topological polar surface area (TPSA) is 64.7 Å². The third-order valence-corrected chi connectivity index (χ3v) is 4.98. The maximum Gasteiger partial charge on any atom is 0.338 e. The first-order valence-electron chi connectivity index (χ1n) is 8.49. The lowest BCUT2D eigenvalue weighted by atomic mass is 9.98. The van der Waals surface area contributed by atoms with Gasteiger partial charge in [0.1, 0.15) is 0 Å². The molecule has 0 fully saturated rings. The molecule has 1 aliphatic rings. The molecule has 0 unspecified atom stereocenters. The van der Waals surface area contributed by atoms with E-state index in [1.807, 2.05) is 6.07 Å². The Kier molecular flexibility index (Phi) is 8.06. The van der Waals surface area contributed by atoms with Crippen molar-refractivity contribution in [3.05, 3.63) is 27.7 Å². The van der Waals surface area contributed by atoms with Crippen LogP contribution in [-0.2, 0) is 4.74 Å². The molecule has 0 aromatic heterocycles. The fourth-order valence-electron chi connectivity index (χ4n) is 2.69. The molecular weight excluding hydrogens is 392 g/mol. The Bertz CT molecular complexity index is 605. The first-order valence-corrected chi connectivity index (χ1v) is 9.82. The zero-order valence-electron chi connectivity index (χ0n) is 13.8. The summed E-state index contributed by atoms with van der Waals surface area (Å²) in [6.45, 7) is 1.20. The average Bonchev–Trinajstić information content (AvgIpc) is 2.54. The summed E-state index contributed by atoms with van der Waals surface area (Å²) < 4.78 is 6.02. The summed E-state index contributed by atoms with van der Waals surface area (Å²) in [4.78, 5) is 17.0. The van der Waals surface area contributed by atoms with Crippen molar-refractivity contribution in [2.45, 2.75) is 44.9 Å². The first-order chi connectivity index (χ1) is 11.6. The predicted octanol–water partition coefficient (Wildman–Crippen LogP) is 4.96. The number of halogens is 2. The van der Waals surface area contributed by atoms with Gasteiger partial charge in [-0.1, -0.05) is 12.8 Å². The van der Waals surface area contributed by atoms with Gasteiger partial charge in [0.25, 0.3) is 0 Å². The number of alkyl halides is 1. The van der Waals surface area contributed by atoms with E-state index >= 15 is 0 Å². The third kappa shape index (κ3) is 5.49. The molecule has 0 aliphatic carbocycles. The average molecular weight is 416 g/mol. The van der Waals surface area contributed by atoms with Gasteiger partial charge in [0, 0.05) is 28.2 Å². The van der Waals surface area contributed by atoms with Gasteiger partial charge in [0.15, 0.2) is 0 Å². The minimum Gasteiger partial charge on any atom is -0.462 e. The van der Waals surface area contributed by atoms with Crippen LogP contribution in [-0.4, -0.2) is 30.7 Å². The highest BCUT2D eigenvalue weighted by molar-refractivity contribution is 9.10. The Balaban J connectivity index is 2.19. The quantitative estimate of drug-likeness (QED) is 0.309. The van der Waals surface area contributed by atoms with Crippen molar-refractivity contribution in [3.63, 3.8) is 0 Å². The molecule has 0 saturated carbocycles. The van der Waals surface area contributed by atoms with E-state index in [1.54, 1.807) is 6.07 Å². The van der Waals surface area contributed by atoms with Gasteiger partial charge in [-0.2, -0.15) is 0 Å². The molecule has 1 aromatic carbocycles. The van der Waals surface area contributed by atoms with E-state index < -0.39 is 0 Å². The molecule has 2 N–H and O–H groups in total. The molecule has 6 heteroatoms. The number of nitrogens with zero attached hydrogens (tertiary/aromatic N) is 1. The van der Waals surface area contributed by atoms with E-state index in [9.17, 15) is 4.79 Å². The van der Waals surface area contributed by atoms with Gasteiger partial charge < -0.3 is 10.5 Å². The van der Waals surface area contributed by atoms with Crippen LogP contribution < -0.4 is 5.73 Å². The molecule has 0 spiro atoms. The number of rotatable bonds is 6. The van der Waals surface area contributed by atoms with Crippen molar-refractivity contribution in [3.8, 4) is 0 Å². The van der Waals surface area contributed by atoms with Crippen molar-refractivity contribution in [1.29, 1.82) is 0 Å². The lowest BCUT2D eigenvalue weighted by Gasteiger charge is -2.15. The van der Waals surface area contributed by atoms with E-state index in [-0.39, 0.29) is 5.97 Å². The molecule has 0 atom stereocenters. The molecule has 0 bridgehead atoms. The summed E-state index contributed by atoms with van der Waals surface area (Å²) in [6.07, 6.45) is 7.14. The molecule has 1 aliphatic heterocycles. The van der Waals surface area contributed by atoms with Gasteiger partial charge >= 0.3 is 5.97 Å². The van der Waals surface area contributed by atoms with E-state index in [0.717, 1.165) is 49.9 Å². The molecule has 132 valence electrons. The van der Waals surface area contributed by atoms with E-state index in [4.69, 9.17) is 27.1 Å². The highest BCUT2D eigenvalue weighted by Crippen LogP contribution is 2.28. The normalized spacial score (nSPS) is 15.3. The van der Waals surface area contributed by atoms with Gasteiger partial charge in [-0.25, -0.2) is 4.79 Å². The van der Waals surface area contributed by atoms with E-state index in [1.165, 1.54) is 12.8 Å². The SMILES string of the molecule is Nc1c(Br)cc(C(=O)OCCCCCl)cc1C1=NCCCCCC1. The Morgan fingerprint density at radius 1 is 1.25 bits per heavy atom. The van der Waals surface area contributed by atoms with Crippen LogP contribution in [0.4, 0.5) is 5.69 Å². The van der Waals surface area contributed by atoms with Crippen LogP contribution in [0, 0.1) is 0 Å². The zero-order valence-corrected chi connectivity index (χ0v) is 16.2. The van der Waals surface area contributed by atoms with Crippen molar-refractivity contribution >= 4 is 44.9 Å². The van der Waals surface area contributed by atoms with E-state index in [2.05, 4.69) is 15.9 Å². The number of esters is 1. The number of benzene rings is 1. The van der Waals surface area contributed by atoms with Crippen LogP contribution in [0.1, 0.15) is 60.9 Å². The van der Waals surface area contributed by atoms with Crippen LogP contribution in [0.2, 0.25) is 0 Å². The number of hydrogen-bond acceptors (Lipinski definition) is 4. The Morgan fingerprint density at radius 3 is 2.83 bits per heavy atom. The maximum atomic E-state index is 12.3. The lowest BCUT2D eigenvalue weighted by molar-refractivity contribution is 0.0500. The maximum absolute atomic E-state index is 12.3. The standard InChI is InChI=1S/C18H24BrClN2O2/c19-15-12-13(18(23)24-10-6-4-8-20)11-14(17(15)21)16-7-3-1-2-5-9-22-16/h11-12H,1-10,21H2. The van der Waals surface area contributed by atoms with Crippen LogP contribution in [0.15, 0.2) is 21.6 Å². The molecule has 2 rings (SSSR count). The number of hydrogen-bond donors (Lipinski definition) is 1. The second-order valence-corrected chi connectivity index (χ2v) is 7.18. The number of aliphatic imine (C=N–C) groups is 1. The first kappa shape index (κ1) is 19.3. The van der Waals surface area contributed by atoms with Crippen LogP contribution in [0.5, 0.6) is 0 Å². The van der Waals surface area contributed by atoms with Gasteiger partial charge in [-0.05, 0) is 60.2 Å². The summed E-state index contributed by atoms with van der Waals surface area (Å²) in [5, 5.41) is 0. The number of unbranched alkanes of at least 4 members (excludes halogenated alkanes) is 1. The summed E-state index contributed by atoms with van der Waals surface area (Å²) in [6, 6.07) is 3.52. The Hall–Kier alpha value is -1.07. The summed E-state index contributed by atoms with van der Waals surface area (Å²) in [5.41, 5.74) is 9.19. The van der Waals surface area contributed by atoms with Gasteiger partial charge in [0.05, 0.1) is 17.9 Å². The van der Waals surface area contributed by atoms with Crippen LogP contribution in [0.25, 0.3) is 0 Å². The van der Waals surface area contributed by atoms with Crippen molar-refractivity contribution in [1.82, 2.24) is 0 Å². The molecular formula is C18H24BrClN2O2. The fourth-order valence-corrected chi connectivity index (χ4v) is 3.34. The zero-order chi connectivity index (χ0) is 17.4. The largest absolute Gasteiger partial charge is 0.462 e. The highest BCUT2D eigenvalue weighted by Gasteiger charge is 2.17. The van der Waals surface area contributed by atoms with E-state index in [0.29, 0.717) is 28.2 Å². The molecule has 1 aromatic rings. The smallest absolute Gasteiger partial charge is 0.338 e. The van der Waals surface area contributed by atoms with Gasteiger partial charge in [0.2, 0.25) is 0 Å². The lowest BCUT2D eigenvalue weighted by Crippen LogP contribution is -2.12. The summed E-state index contributed by atoms with van der Waals surface area (Å²) in [7, 11) is 0. The Morgan fingerprint density at radius 2 is 2.04 bits per heavy atom. The second-order valence-electron chi connectivity index (χ2n) is 5.94. The van der Waals surface area contributed by atoms with Gasteiger partial charge in [-0.3, -0.25) is 4.99 Å². The highest BCUT2D eigenvalue weighted by atomic mass is 79.9. The number of nitrogens with two attached hydrogens (primary N) is 1. The number of carbonyl (C=O) groups is 1. The predicted molar refractivity (Wildman–Crippen MR) is 103 cm³/mol. The van der Waals surface area contributed by atoms with Crippen LogP contribution in [0.3, 0.4) is 0 Å². The molecule has 0 saturated heterocycles. The van der Waals surface area contributed by atoms with Crippen LogP contribution >= 0.6 is 27.5 Å². The molecule has 24 heavy (non-hydrogen) atoms. The molecule has 1 heterocycles. The minimum atomic E-state index is -0.335.